The highest BCUT2D eigenvalue weighted by Gasteiger charge is 2.26. The standard InChI is InChI=1S/C17H19N3O3S/c1-12-10-20(16-8-3-2-7-15(12)16)11-17(21)19-13-5-4-6-14(9-13)24(18,22)23/h2-9,12H,10-11H2,1H3,(H,19,21)(H2,18,22,23). The smallest absolute Gasteiger partial charge is 0.243 e. The molecule has 2 aromatic carbocycles. The van der Waals surface area contributed by atoms with Crippen LogP contribution in [0.4, 0.5) is 11.4 Å². The molecular weight excluding hydrogens is 326 g/mol. The number of sulfonamides is 1. The first-order chi connectivity index (χ1) is 11.3. The van der Waals surface area contributed by atoms with E-state index in [-0.39, 0.29) is 17.3 Å². The van der Waals surface area contributed by atoms with E-state index in [1.54, 1.807) is 12.1 Å². The molecular formula is C17H19N3O3S. The maximum Gasteiger partial charge on any atom is 0.243 e. The topological polar surface area (TPSA) is 92.5 Å². The van der Waals surface area contributed by atoms with Crippen LogP contribution in [0.15, 0.2) is 53.4 Å². The predicted molar refractivity (Wildman–Crippen MR) is 93.5 cm³/mol. The van der Waals surface area contributed by atoms with E-state index in [1.165, 1.54) is 17.7 Å². The van der Waals surface area contributed by atoms with Crippen LogP contribution in [0.5, 0.6) is 0 Å². The summed E-state index contributed by atoms with van der Waals surface area (Å²) in [6.07, 6.45) is 0. The molecule has 6 nitrogen and oxygen atoms in total. The van der Waals surface area contributed by atoms with Gasteiger partial charge in [-0.1, -0.05) is 31.2 Å². The van der Waals surface area contributed by atoms with Crippen molar-refractivity contribution >= 4 is 27.3 Å². The highest BCUT2D eigenvalue weighted by molar-refractivity contribution is 7.89. The van der Waals surface area contributed by atoms with Crippen LogP contribution in [0.1, 0.15) is 18.4 Å². The molecule has 0 aliphatic carbocycles. The van der Waals surface area contributed by atoms with Crippen molar-refractivity contribution in [2.75, 3.05) is 23.3 Å². The largest absolute Gasteiger partial charge is 0.361 e. The number of rotatable bonds is 4. The van der Waals surface area contributed by atoms with Gasteiger partial charge in [0.25, 0.3) is 0 Å². The molecule has 1 unspecified atom stereocenters. The average molecular weight is 345 g/mol. The van der Waals surface area contributed by atoms with Gasteiger partial charge in [-0.05, 0) is 29.8 Å². The maximum absolute atomic E-state index is 12.3. The van der Waals surface area contributed by atoms with Crippen molar-refractivity contribution in [3.63, 3.8) is 0 Å². The van der Waals surface area contributed by atoms with Gasteiger partial charge in [0.2, 0.25) is 15.9 Å². The Labute approximate surface area is 141 Å². The molecule has 7 heteroatoms. The third-order valence-corrected chi connectivity index (χ3v) is 4.99. The summed E-state index contributed by atoms with van der Waals surface area (Å²) in [6, 6.07) is 14.0. The van der Waals surface area contributed by atoms with E-state index in [2.05, 4.69) is 18.3 Å². The molecule has 2 aromatic rings. The number of nitrogens with zero attached hydrogens (tertiary/aromatic N) is 1. The summed E-state index contributed by atoms with van der Waals surface area (Å²) in [5.41, 5.74) is 2.71. The van der Waals surface area contributed by atoms with E-state index >= 15 is 0 Å². The Bertz CT molecular complexity index is 880. The van der Waals surface area contributed by atoms with Gasteiger partial charge < -0.3 is 10.2 Å². The quantitative estimate of drug-likeness (QED) is 0.885. The van der Waals surface area contributed by atoms with Crippen LogP contribution in [0.3, 0.4) is 0 Å². The zero-order valence-corrected chi connectivity index (χ0v) is 14.1. The van der Waals surface area contributed by atoms with Crippen molar-refractivity contribution in [1.82, 2.24) is 0 Å². The molecule has 1 aliphatic rings. The molecule has 1 amide bonds. The normalized spacial score (nSPS) is 16.8. The molecule has 3 N–H and O–H groups in total. The van der Waals surface area contributed by atoms with Gasteiger partial charge >= 0.3 is 0 Å². The fourth-order valence-corrected chi connectivity index (χ4v) is 3.55. The lowest BCUT2D eigenvalue weighted by Gasteiger charge is -2.19. The Hall–Kier alpha value is -2.38. The van der Waals surface area contributed by atoms with Crippen molar-refractivity contribution in [2.45, 2.75) is 17.7 Å². The number of benzene rings is 2. The number of hydrogen-bond acceptors (Lipinski definition) is 4. The predicted octanol–water partition coefficient (Wildman–Crippen LogP) is 1.90. The summed E-state index contributed by atoms with van der Waals surface area (Å²) < 4.78 is 22.8. The van der Waals surface area contributed by atoms with Crippen LogP contribution in [-0.2, 0) is 14.8 Å². The average Bonchev–Trinajstić information content (AvgIpc) is 2.83. The number of hydrogen-bond donors (Lipinski definition) is 2. The summed E-state index contributed by atoms with van der Waals surface area (Å²) >= 11 is 0. The lowest BCUT2D eigenvalue weighted by atomic mass is 10.0. The Morgan fingerprint density at radius 1 is 1.25 bits per heavy atom. The summed E-state index contributed by atoms with van der Waals surface area (Å²) in [5, 5.41) is 7.83. The first kappa shape index (κ1) is 16.5. The van der Waals surface area contributed by atoms with Gasteiger partial charge in [-0.3, -0.25) is 4.79 Å². The zero-order valence-electron chi connectivity index (χ0n) is 13.3. The van der Waals surface area contributed by atoms with Gasteiger partial charge in [0.1, 0.15) is 0 Å². The van der Waals surface area contributed by atoms with Crippen molar-refractivity contribution in [3.8, 4) is 0 Å². The van der Waals surface area contributed by atoms with E-state index in [0.717, 1.165) is 12.2 Å². The molecule has 1 aliphatic heterocycles. The molecule has 0 aromatic heterocycles. The number of nitrogens with one attached hydrogen (secondary N) is 1. The number of primary sulfonamides is 1. The highest BCUT2D eigenvalue weighted by atomic mass is 32.2. The van der Waals surface area contributed by atoms with Crippen LogP contribution >= 0.6 is 0 Å². The number of nitrogens with two attached hydrogens (primary N) is 1. The van der Waals surface area contributed by atoms with Crippen molar-refractivity contribution < 1.29 is 13.2 Å². The fraction of sp³-hybridized carbons (Fsp3) is 0.235. The zero-order chi connectivity index (χ0) is 17.3. The van der Waals surface area contributed by atoms with Gasteiger partial charge in [0, 0.05) is 23.8 Å². The number of amides is 1. The van der Waals surface area contributed by atoms with Crippen LogP contribution in [0.2, 0.25) is 0 Å². The molecule has 0 spiro atoms. The monoisotopic (exact) mass is 345 g/mol. The summed E-state index contributed by atoms with van der Waals surface area (Å²) in [4.78, 5) is 14.3. The molecule has 24 heavy (non-hydrogen) atoms. The van der Waals surface area contributed by atoms with Crippen LogP contribution in [0, 0.1) is 0 Å². The molecule has 0 saturated carbocycles. The minimum absolute atomic E-state index is 0.0274. The Morgan fingerprint density at radius 3 is 2.75 bits per heavy atom. The van der Waals surface area contributed by atoms with E-state index in [0.29, 0.717) is 11.6 Å². The second-order valence-corrected chi connectivity index (χ2v) is 7.52. The first-order valence-electron chi connectivity index (χ1n) is 7.61. The van der Waals surface area contributed by atoms with Gasteiger partial charge in [0.15, 0.2) is 0 Å². The SMILES string of the molecule is CC1CN(CC(=O)Nc2cccc(S(N)(=O)=O)c2)c2ccccc21. The second kappa shape index (κ2) is 6.26. The van der Waals surface area contributed by atoms with E-state index in [9.17, 15) is 13.2 Å². The minimum atomic E-state index is -3.79. The lowest BCUT2D eigenvalue weighted by molar-refractivity contribution is -0.115. The molecule has 0 bridgehead atoms. The highest BCUT2D eigenvalue weighted by Crippen LogP contribution is 2.35. The number of fused-ring (bicyclic) bond motifs is 1. The third-order valence-electron chi connectivity index (χ3n) is 4.08. The molecule has 1 atom stereocenters. The molecule has 126 valence electrons. The van der Waals surface area contributed by atoms with Crippen molar-refractivity contribution in [1.29, 1.82) is 0 Å². The van der Waals surface area contributed by atoms with Crippen LogP contribution in [0.25, 0.3) is 0 Å². The summed E-state index contributed by atoms with van der Waals surface area (Å²) in [5.74, 6) is 0.171. The summed E-state index contributed by atoms with van der Waals surface area (Å²) in [7, 11) is -3.79. The Kier molecular flexibility index (Phi) is 4.29. The molecule has 1 heterocycles. The first-order valence-corrected chi connectivity index (χ1v) is 9.16. The minimum Gasteiger partial charge on any atom is -0.361 e. The molecule has 0 saturated heterocycles. The Morgan fingerprint density at radius 2 is 2.00 bits per heavy atom. The lowest BCUT2D eigenvalue weighted by Crippen LogP contribution is -2.32. The molecule has 3 rings (SSSR count). The van der Waals surface area contributed by atoms with Gasteiger partial charge in [-0.2, -0.15) is 0 Å². The second-order valence-electron chi connectivity index (χ2n) is 5.96. The fourth-order valence-electron chi connectivity index (χ4n) is 2.99. The van der Waals surface area contributed by atoms with E-state index in [4.69, 9.17) is 5.14 Å². The Balaban J connectivity index is 1.71. The van der Waals surface area contributed by atoms with Gasteiger partial charge in [0.05, 0.1) is 11.4 Å². The number of para-hydroxylation sites is 1. The number of carbonyl (C=O) groups is 1. The van der Waals surface area contributed by atoms with Crippen LogP contribution < -0.4 is 15.4 Å². The third kappa shape index (κ3) is 3.42. The van der Waals surface area contributed by atoms with E-state index in [1.807, 2.05) is 23.1 Å². The molecule has 0 radical (unpaired) electrons. The van der Waals surface area contributed by atoms with Crippen LogP contribution in [-0.4, -0.2) is 27.4 Å². The van der Waals surface area contributed by atoms with Crippen molar-refractivity contribution in [2.24, 2.45) is 5.14 Å². The number of carbonyl (C=O) groups excluding carboxylic acids is 1. The molecule has 0 fully saturated rings. The van der Waals surface area contributed by atoms with Crippen molar-refractivity contribution in [3.05, 3.63) is 54.1 Å². The maximum atomic E-state index is 12.3. The van der Waals surface area contributed by atoms with E-state index < -0.39 is 10.0 Å². The van der Waals surface area contributed by atoms with Gasteiger partial charge in [-0.25, -0.2) is 13.6 Å². The van der Waals surface area contributed by atoms with Gasteiger partial charge in [-0.15, -0.1) is 0 Å². The summed E-state index contributed by atoms with van der Waals surface area (Å²) in [6.45, 7) is 3.12. The number of anilines is 2.